The molecule has 0 saturated heterocycles. The van der Waals surface area contributed by atoms with Crippen molar-refractivity contribution in [2.45, 2.75) is 6.54 Å². The third-order valence-corrected chi connectivity index (χ3v) is 2.65. The molecule has 0 unspecified atom stereocenters. The molecule has 0 radical (unpaired) electrons. The number of nitrogens with one attached hydrogen (secondary N) is 1. The molecule has 1 aromatic carbocycles. The van der Waals surface area contributed by atoms with Crippen LogP contribution in [0.15, 0.2) is 30.7 Å². The van der Waals surface area contributed by atoms with Gasteiger partial charge in [0.15, 0.2) is 17.3 Å². The first-order valence-electron chi connectivity index (χ1n) is 5.75. The molecule has 0 aliphatic heterocycles. The number of hydrogen-bond acceptors (Lipinski definition) is 6. The Morgan fingerprint density at radius 3 is 2.68 bits per heavy atom. The quantitative estimate of drug-likeness (QED) is 0.851. The summed E-state index contributed by atoms with van der Waals surface area (Å²) in [5.74, 6) is 2.01. The highest BCUT2D eigenvalue weighted by Crippen LogP contribution is 2.27. The average Bonchev–Trinajstić information content (AvgIpc) is 2.46. The van der Waals surface area contributed by atoms with E-state index in [1.807, 2.05) is 18.2 Å². The molecule has 0 aliphatic rings. The van der Waals surface area contributed by atoms with Crippen molar-refractivity contribution in [3.8, 4) is 11.5 Å². The highest BCUT2D eigenvalue weighted by Gasteiger charge is 2.05. The van der Waals surface area contributed by atoms with Crippen molar-refractivity contribution in [1.29, 1.82) is 0 Å². The highest BCUT2D eigenvalue weighted by atomic mass is 16.5. The predicted molar refractivity (Wildman–Crippen MR) is 73.3 cm³/mol. The molecule has 0 aliphatic carbocycles. The van der Waals surface area contributed by atoms with E-state index >= 15 is 0 Å². The minimum atomic E-state index is 0.517. The largest absolute Gasteiger partial charge is 0.493 e. The number of nitrogens with zero attached hydrogens (tertiary/aromatic N) is 2. The van der Waals surface area contributed by atoms with Crippen molar-refractivity contribution in [1.82, 2.24) is 9.97 Å². The van der Waals surface area contributed by atoms with Gasteiger partial charge >= 0.3 is 0 Å². The number of hydrogen-bond donors (Lipinski definition) is 2. The number of nitrogens with two attached hydrogens (primary N) is 1. The lowest BCUT2D eigenvalue weighted by atomic mass is 10.2. The molecule has 0 fully saturated rings. The van der Waals surface area contributed by atoms with Crippen LogP contribution in [0, 0.1) is 0 Å². The Morgan fingerprint density at radius 1 is 1.21 bits per heavy atom. The van der Waals surface area contributed by atoms with Crippen LogP contribution in [0.5, 0.6) is 11.5 Å². The normalized spacial score (nSPS) is 10.0. The molecule has 0 atom stereocenters. The van der Waals surface area contributed by atoms with E-state index in [-0.39, 0.29) is 0 Å². The first kappa shape index (κ1) is 12.9. The molecule has 0 amide bonds. The molecular formula is C13H16N4O2. The lowest BCUT2D eigenvalue weighted by Crippen LogP contribution is -2.05. The van der Waals surface area contributed by atoms with Crippen LogP contribution in [-0.4, -0.2) is 24.2 Å². The summed E-state index contributed by atoms with van der Waals surface area (Å²) in [6.07, 6.45) is 3.01. The molecular weight excluding hydrogens is 244 g/mol. The zero-order valence-corrected chi connectivity index (χ0v) is 10.9. The van der Waals surface area contributed by atoms with Crippen LogP contribution in [0.3, 0.4) is 0 Å². The van der Waals surface area contributed by atoms with Gasteiger partial charge < -0.3 is 20.5 Å². The van der Waals surface area contributed by atoms with Crippen molar-refractivity contribution in [2.24, 2.45) is 0 Å². The number of methoxy groups -OCH3 is 2. The Morgan fingerprint density at radius 2 is 2.00 bits per heavy atom. The number of rotatable bonds is 5. The van der Waals surface area contributed by atoms with Crippen LogP contribution in [0.25, 0.3) is 0 Å². The van der Waals surface area contributed by atoms with Crippen LogP contribution in [0.1, 0.15) is 5.56 Å². The van der Waals surface area contributed by atoms with Crippen molar-refractivity contribution < 1.29 is 9.47 Å². The van der Waals surface area contributed by atoms with Gasteiger partial charge in [-0.2, -0.15) is 0 Å². The van der Waals surface area contributed by atoms with Crippen molar-refractivity contribution >= 4 is 11.5 Å². The lowest BCUT2D eigenvalue weighted by Gasteiger charge is -2.11. The first-order valence-corrected chi connectivity index (χ1v) is 5.75. The minimum absolute atomic E-state index is 0.517. The van der Waals surface area contributed by atoms with E-state index in [0.717, 1.165) is 5.56 Å². The van der Waals surface area contributed by atoms with Crippen molar-refractivity contribution in [3.63, 3.8) is 0 Å². The maximum atomic E-state index is 5.75. The average molecular weight is 260 g/mol. The highest BCUT2D eigenvalue weighted by molar-refractivity contribution is 5.59. The molecule has 19 heavy (non-hydrogen) atoms. The summed E-state index contributed by atoms with van der Waals surface area (Å²) < 4.78 is 10.4. The van der Waals surface area contributed by atoms with Gasteiger partial charge in [0, 0.05) is 6.54 Å². The first-order chi connectivity index (χ1) is 9.24. The Kier molecular flexibility index (Phi) is 4.02. The van der Waals surface area contributed by atoms with Crippen LogP contribution < -0.4 is 20.5 Å². The van der Waals surface area contributed by atoms with E-state index in [2.05, 4.69) is 15.3 Å². The van der Waals surface area contributed by atoms with Crippen LogP contribution >= 0.6 is 0 Å². The maximum absolute atomic E-state index is 5.75. The van der Waals surface area contributed by atoms with Gasteiger partial charge in [-0.05, 0) is 17.7 Å². The van der Waals surface area contributed by atoms with E-state index < -0.39 is 0 Å². The molecule has 2 rings (SSSR count). The van der Waals surface area contributed by atoms with E-state index in [1.165, 1.54) is 6.33 Å². The third kappa shape index (κ3) is 3.04. The maximum Gasteiger partial charge on any atom is 0.161 e. The zero-order valence-electron chi connectivity index (χ0n) is 10.9. The van der Waals surface area contributed by atoms with Crippen LogP contribution in [-0.2, 0) is 6.54 Å². The van der Waals surface area contributed by atoms with Gasteiger partial charge in [0.25, 0.3) is 0 Å². The second kappa shape index (κ2) is 5.90. The Balaban J connectivity index is 2.10. The van der Waals surface area contributed by atoms with Gasteiger partial charge in [0.05, 0.1) is 26.1 Å². The topological polar surface area (TPSA) is 82.3 Å². The van der Waals surface area contributed by atoms with Gasteiger partial charge in [0.2, 0.25) is 0 Å². The summed E-state index contributed by atoms with van der Waals surface area (Å²) in [6, 6.07) is 5.72. The molecule has 1 aromatic heterocycles. The number of benzene rings is 1. The van der Waals surface area contributed by atoms with E-state index in [4.69, 9.17) is 15.2 Å². The SMILES string of the molecule is COc1ccc(CNc2ncncc2N)cc1OC. The van der Waals surface area contributed by atoms with Crippen LogP contribution in [0.4, 0.5) is 11.5 Å². The number of anilines is 2. The third-order valence-electron chi connectivity index (χ3n) is 2.65. The smallest absolute Gasteiger partial charge is 0.161 e. The fourth-order valence-electron chi connectivity index (χ4n) is 1.66. The monoisotopic (exact) mass is 260 g/mol. The minimum Gasteiger partial charge on any atom is -0.493 e. The molecule has 1 heterocycles. The second-order valence-electron chi connectivity index (χ2n) is 3.87. The molecule has 3 N–H and O–H groups in total. The van der Waals surface area contributed by atoms with Gasteiger partial charge in [-0.1, -0.05) is 6.07 Å². The van der Waals surface area contributed by atoms with Gasteiger partial charge in [0.1, 0.15) is 6.33 Å². The Bertz CT molecular complexity index is 560. The van der Waals surface area contributed by atoms with Crippen LogP contribution in [0.2, 0.25) is 0 Å². The van der Waals surface area contributed by atoms with E-state index in [1.54, 1.807) is 20.4 Å². The summed E-state index contributed by atoms with van der Waals surface area (Å²) in [5, 5.41) is 3.15. The summed E-state index contributed by atoms with van der Waals surface area (Å²) in [7, 11) is 3.22. The summed E-state index contributed by atoms with van der Waals surface area (Å²) in [6.45, 7) is 0.585. The molecule has 0 bridgehead atoms. The van der Waals surface area contributed by atoms with Gasteiger partial charge in [-0.3, -0.25) is 0 Å². The molecule has 100 valence electrons. The summed E-state index contributed by atoms with van der Waals surface area (Å²) >= 11 is 0. The Labute approximate surface area is 111 Å². The Hall–Kier alpha value is -2.50. The van der Waals surface area contributed by atoms with E-state index in [0.29, 0.717) is 29.5 Å². The molecule has 6 nitrogen and oxygen atoms in total. The summed E-state index contributed by atoms with van der Waals surface area (Å²) in [4.78, 5) is 7.90. The lowest BCUT2D eigenvalue weighted by molar-refractivity contribution is 0.354. The van der Waals surface area contributed by atoms with Crippen molar-refractivity contribution in [3.05, 3.63) is 36.3 Å². The zero-order chi connectivity index (χ0) is 13.7. The molecule has 0 saturated carbocycles. The molecule has 6 heteroatoms. The number of aromatic nitrogens is 2. The molecule has 0 spiro atoms. The fourth-order valence-corrected chi connectivity index (χ4v) is 1.66. The number of ether oxygens (including phenoxy) is 2. The van der Waals surface area contributed by atoms with E-state index in [9.17, 15) is 0 Å². The summed E-state index contributed by atoms with van der Waals surface area (Å²) in [5.41, 5.74) is 7.31. The number of nitrogen functional groups attached to an aromatic ring is 1. The standard InChI is InChI=1S/C13H16N4O2/c1-18-11-4-3-9(5-12(11)19-2)6-16-13-10(14)7-15-8-17-13/h3-5,7-8H,6,14H2,1-2H3,(H,15,16,17). The predicted octanol–water partition coefficient (Wildman–Crippen LogP) is 1.69. The molecule has 2 aromatic rings. The van der Waals surface area contributed by atoms with Gasteiger partial charge in [-0.15, -0.1) is 0 Å². The van der Waals surface area contributed by atoms with Gasteiger partial charge in [-0.25, -0.2) is 9.97 Å². The van der Waals surface area contributed by atoms with Crippen molar-refractivity contribution in [2.75, 3.05) is 25.3 Å². The fraction of sp³-hybridized carbons (Fsp3) is 0.231. The second-order valence-corrected chi connectivity index (χ2v) is 3.87.